The van der Waals surface area contributed by atoms with Crippen LogP contribution >= 0.6 is 11.3 Å². The Labute approximate surface area is 370 Å². The molecule has 0 saturated carbocycles. The van der Waals surface area contributed by atoms with Gasteiger partial charge in [0.1, 0.15) is 11.2 Å². The van der Waals surface area contributed by atoms with Crippen LogP contribution in [0.3, 0.4) is 0 Å². The molecule has 300 valence electrons. The van der Waals surface area contributed by atoms with Crippen LogP contribution < -0.4 is 4.90 Å². The van der Waals surface area contributed by atoms with Crippen molar-refractivity contribution in [1.29, 1.82) is 0 Å². The molecule has 0 aliphatic carbocycles. The summed E-state index contributed by atoms with van der Waals surface area (Å²) in [6.45, 7) is 0. The summed E-state index contributed by atoms with van der Waals surface area (Å²) in [5, 5.41) is 8.98. The molecule has 4 aromatic heterocycles. The van der Waals surface area contributed by atoms with Gasteiger partial charge in [0.15, 0.2) is 11.2 Å². The molecule has 64 heavy (non-hydrogen) atoms. The number of aromatic nitrogens is 2. The molecule has 0 aliphatic rings. The number of nitrogens with zero attached hydrogens (tertiary/aromatic N) is 3. The maximum atomic E-state index is 7.46. The Kier molecular flexibility index (Phi) is 7.49. The lowest BCUT2D eigenvalue weighted by molar-refractivity contribution is 0.659. The van der Waals surface area contributed by atoms with Gasteiger partial charge in [-0.15, -0.1) is 11.3 Å². The van der Waals surface area contributed by atoms with E-state index in [2.05, 4.69) is 214 Å². The van der Waals surface area contributed by atoms with Gasteiger partial charge in [0, 0.05) is 70.2 Å². The first-order valence-corrected chi connectivity index (χ1v) is 22.4. The first-order chi connectivity index (χ1) is 31.7. The van der Waals surface area contributed by atoms with E-state index in [4.69, 9.17) is 8.83 Å². The molecule has 6 bridgehead atoms. The summed E-state index contributed by atoms with van der Waals surface area (Å²) < 4.78 is 21.1. The fraction of sp³-hybridized carbons (Fsp3) is 0. The van der Waals surface area contributed by atoms with Crippen molar-refractivity contribution < 1.29 is 8.83 Å². The van der Waals surface area contributed by atoms with Gasteiger partial charge in [-0.05, 0) is 120 Å². The van der Waals surface area contributed by atoms with Crippen LogP contribution in [-0.4, -0.2) is 9.13 Å². The van der Waals surface area contributed by atoms with E-state index in [0.717, 1.165) is 105 Å². The average molecular weight is 838 g/mol. The van der Waals surface area contributed by atoms with Crippen molar-refractivity contribution in [3.8, 4) is 11.4 Å². The van der Waals surface area contributed by atoms with E-state index in [0.29, 0.717) is 0 Å². The first-order valence-electron chi connectivity index (χ1n) is 21.6. The molecule has 4 heterocycles. The molecule has 0 amide bonds. The number of benzene rings is 10. The predicted molar refractivity (Wildman–Crippen MR) is 269 cm³/mol. The third kappa shape index (κ3) is 5.17. The molecule has 0 aliphatic heterocycles. The standard InChI is InChI=1S/C58H35N3O2S/c1-3-14-37(15-4-1)59(39-27-30-53-45(33-39)43-19-8-11-24-52(43)62-53)41-32-36-26-29-51-58-56(36)47(35-41)42-18-7-10-21-48(42)61(40-28-31-55-46(34-40)44-20-9-12-25-54(44)64-55)50-23-13-22-49(57(50)63-58)60(51)38-16-5-2-6-17-38/h1-35H. The fourth-order valence-electron chi connectivity index (χ4n) is 10.1. The quantitative estimate of drug-likeness (QED) is 0.128. The molecule has 0 radical (unpaired) electrons. The zero-order chi connectivity index (χ0) is 41.9. The molecule has 0 unspecified atom stereocenters. The van der Waals surface area contributed by atoms with Gasteiger partial charge in [-0.25, -0.2) is 0 Å². The minimum atomic E-state index is 0.805. The second-order valence-electron chi connectivity index (χ2n) is 16.5. The summed E-state index contributed by atoms with van der Waals surface area (Å²) >= 11 is 1.84. The largest absolute Gasteiger partial charge is 0.456 e. The molecule has 0 spiro atoms. The highest BCUT2D eigenvalue weighted by Gasteiger charge is 2.22. The third-order valence-corrected chi connectivity index (χ3v) is 14.0. The van der Waals surface area contributed by atoms with Gasteiger partial charge in [-0.3, -0.25) is 0 Å². The van der Waals surface area contributed by atoms with E-state index < -0.39 is 0 Å². The Balaban J connectivity index is 1.16. The monoisotopic (exact) mass is 837 g/mol. The third-order valence-electron chi connectivity index (χ3n) is 12.9. The fourth-order valence-corrected chi connectivity index (χ4v) is 11.2. The second kappa shape index (κ2) is 13.6. The Morgan fingerprint density at radius 3 is 1.86 bits per heavy atom. The lowest BCUT2D eigenvalue weighted by atomic mass is 9.99. The lowest BCUT2D eigenvalue weighted by Crippen LogP contribution is -2.10. The smallest absolute Gasteiger partial charge is 0.175 e. The van der Waals surface area contributed by atoms with Crippen LogP contribution in [0.1, 0.15) is 0 Å². The van der Waals surface area contributed by atoms with Crippen LogP contribution in [0.25, 0.3) is 108 Å². The van der Waals surface area contributed by atoms with Crippen molar-refractivity contribution in [2.24, 2.45) is 0 Å². The molecule has 0 fully saturated rings. The number of para-hydroxylation sites is 5. The molecule has 6 heteroatoms. The van der Waals surface area contributed by atoms with Gasteiger partial charge in [0.25, 0.3) is 0 Å². The molecule has 14 rings (SSSR count). The van der Waals surface area contributed by atoms with E-state index in [9.17, 15) is 0 Å². The Hall–Kier alpha value is -8.32. The van der Waals surface area contributed by atoms with E-state index >= 15 is 0 Å². The molecule has 14 aromatic rings. The maximum Gasteiger partial charge on any atom is 0.175 e. The summed E-state index contributed by atoms with van der Waals surface area (Å²) in [6.07, 6.45) is 0. The highest BCUT2D eigenvalue weighted by Crippen LogP contribution is 2.45. The van der Waals surface area contributed by atoms with Gasteiger partial charge in [0.2, 0.25) is 0 Å². The van der Waals surface area contributed by atoms with Crippen LogP contribution in [0, 0.1) is 0 Å². The summed E-state index contributed by atoms with van der Waals surface area (Å²) in [7, 11) is 0. The lowest BCUT2D eigenvalue weighted by Gasteiger charge is -2.26. The number of rotatable bonds is 5. The topological polar surface area (TPSA) is 39.4 Å². The van der Waals surface area contributed by atoms with Crippen molar-refractivity contribution in [3.05, 3.63) is 212 Å². The van der Waals surface area contributed by atoms with Crippen LogP contribution in [0.2, 0.25) is 0 Å². The van der Waals surface area contributed by atoms with E-state index in [1.807, 2.05) is 23.5 Å². The number of anilines is 3. The summed E-state index contributed by atoms with van der Waals surface area (Å²) in [4.78, 5) is 2.36. The van der Waals surface area contributed by atoms with Crippen molar-refractivity contribution in [2.75, 3.05) is 4.90 Å². The van der Waals surface area contributed by atoms with Crippen LogP contribution in [-0.2, 0) is 0 Å². The molecule has 10 aromatic carbocycles. The highest BCUT2D eigenvalue weighted by molar-refractivity contribution is 7.25. The molecular weight excluding hydrogens is 803 g/mol. The number of hydrogen-bond donors (Lipinski definition) is 0. The molecule has 5 nitrogen and oxygen atoms in total. The van der Waals surface area contributed by atoms with E-state index in [1.54, 1.807) is 0 Å². The normalized spacial score (nSPS) is 12.1. The SMILES string of the molecule is c1ccc(N(c2ccc3oc4ccccc4c3c2)c2cc3ccc4c5oc6c(cccc6n4-c4ccccc4)n(-c4ccc6sc7ccccc7c6c4)c4ccccc4c(c2)c35)cc1. The average Bonchev–Trinajstić information content (AvgIpc) is 3.93. The van der Waals surface area contributed by atoms with Gasteiger partial charge < -0.3 is 22.9 Å². The number of hydrogen-bond acceptors (Lipinski definition) is 4. The van der Waals surface area contributed by atoms with Gasteiger partial charge in [-0.1, -0.05) is 103 Å². The van der Waals surface area contributed by atoms with Crippen molar-refractivity contribution >= 4 is 125 Å². The minimum Gasteiger partial charge on any atom is -0.456 e. The van der Waals surface area contributed by atoms with E-state index in [1.165, 1.54) is 20.2 Å². The maximum absolute atomic E-state index is 7.46. The molecule has 0 saturated heterocycles. The highest BCUT2D eigenvalue weighted by atomic mass is 32.1. The summed E-state index contributed by atoms with van der Waals surface area (Å²) in [6, 6.07) is 76.3. The minimum absolute atomic E-state index is 0.805. The zero-order valence-electron chi connectivity index (χ0n) is 34.3. The molecule has 0 atom stereocenters. The van der Waals surface area contributed by atoms with Gasteiger partial charge >= 0.3 is 0 Å². The predicted octanol–water partition coefficient (Wildman–Crippen LogP) is 16.9. The number of fused-ring (bicyclic) bond motifs is 8. The number of thiophene rings is 1. The molecule has 0 N–H and O–H groups in total. The van der Waals surface area contributed by atoms with E-state index in [-0.39, 0.29) is 0 Å². The van der Waals surface area contributed by atoms with Gasteiger partial charge in [0.05, 0.1) is 22.1 Å². The first kappa shape index (κ1) is 35.3. The second-order valence-corrected chi connectivity index (χ2v) is 17.6. The Morgan fingerprint density at radius 1 is 0.344 bits per heavy atom. The van der Waals surface area contributed by atoms with Crippen LogP contribution in [0.4, 0.5) is 17.1 Å². The summed E-state index contributed by atoms with van der Waals surface area (Å²) in [5.74, 6) is 0. The van der Waals surface area contributed by atoms with Crippen molar-refractivity contribution in [2.45, 2.75) is 0 Å². The zero-order valence-corrected chi connectivity index (χ0v) is 35.1. The molecular formula is C58H35N3O2S. The van der Waals surface area contributed by atoms with Crippen LogP contribution in [0.15, 0.2) is 221 Å². The van der Waals surface area contributed by atoms with Crippen molar-refractivity contribution in [1.82, 2.24) is 9.13 Å². The van der Waals surface area contributed by atoms with Crippen LogP contribution in [0.5, 0.6) is 0 Å². The Bertz CT molecular complexity index is 4210. The number of furan rings is 1. The van der Waals surface area contributed by atoms with Crippen molar-refractivity contribution in [3.63, 3.8) is 0 Å². The Morgan fingerprint density at radius 2 is 1.00 bits per heavy atom. The summed E-state index contributed by atoms with van der Waals surface area (Å²) in [5.41, 5.74) is 12.6. The van der Waals surface area contributed by atoms with Gasteiger partial charge in [-0.2, -0.15) is 0 Å².